The van der Waals surface area contributed by atoms with E-state index in [2.05, 4.69) is 5.32 Å². The normalized spacial score (nSPS) is 35.2. The van der Waals surface area contributed by atoms with Crippen molar-refractivity contribution in [1.82, 2.24) is 5.32 Å². The van der Waals surface area contributed by atoms with Crippen LogP contribution >= 0.6 is 0 Å². The number of hydrogen-bond acceptors (Lipinski definition) is 4. The lowest BCUT2D eigenvalue weighted by Gasteiger charge is -2.29. The van der Waals surface area contributed by atoms with E-state index in [1.54, 1.807) is 0 Å². The van der Waals surface area contributed by atoms with E-state index in [0.29, 0.717) is 0 Å². The van der Waals surface area contributed by atoms with Crippen LogP contribution in [0.1, 0.15) is 13.8 Å². The van der Waals surface area contributed by atoms with Crippen LogP contribution in [0.25, 0.3) is 0 Å². The Morgan fingerprint density at radius 3 is 2.86 bits per heavy atom. The Morgan fingerprint density at radius 1 is 1.50 bits per heavy atom. The van der Waals surface area contributed by atoms with Gasteiger partial charge in [0.1, 0.15) is 6.07 Å². The summed E-state index contributed by atoms with van der Waals surface area (Å²) in [6, 6.07) is 1.96. The Labute approximate surface area is 81.3 Å². The zero-order valence-corrected chi connectivity index (χ0v) is 7.90. The first-order valence-corrected chi connectivity index (χ1v) is 4.38. The molecule has 2 aliphatic rings. The molecule has 0 aromatic rings. The van der Waals surface area contributed by atoms with E-state index in [1.165, 1.54) is 0 Å². The number of nitriles is 1. The van der Waals surface area contributed by atoms with Crippen LogP contribution < -0.4 is 5.32 Å². The number of hydrogen-bond donors (Lipinski definition) is 1. The monoisotopic (exact) mass is 194 g/mol. The Bertz CT molecular complexity index is 356. The van der Waals surface area contributed by atoms with Gasteiger partial charge in [-0.2, -0.15) is 5.26 Å². The first-order chi connectivity index (χ1) is 6.63. The molecule has 2 rings (SSSR count). The van der Waals surface area contributed by atoms with Gasteiger partial charge < -0.3 is 9.47 Å². The summed E-state index contributed by atoms with van der Waals surface area (Å²) in [5, 5.41) is 11.3. The Morgan fingerprint density at radius 2 is 2.21 bits per heavy atom. The molecule has 2 heterocycles. The number of carbonyl (C=O) groups is 1. The number of amides is 1. The molecular formula is C9H10N2O3. The summed E-state index contributed by atoms with van der Waals surface area (Å²) in [5.41, 5.74) is 0.824. The van der Waals surface area contributed by atoms with Crippen molar-refractivity contribution >= 4 is 6.09 Å². The van der Waals surface area contributed by atoms with Crippen LogP contribution in [-0.2, 0) is 9.47 Å². The van der Waals surface area contributed by atoms with Crippen molar-refractivity contribution in [3.63, 3.8) is 0 Å². The lowest BCUT2D eigenvalue weighted by molar-refractivity contribution is -0.00521. The number of fused-ring (bicyclic) bond motifs is 1. The average Bonchev–Trinajstić information content (AvgIpc) is 2.52. The summed E-state index contributed by atoms with van der Waals surface area (Å²) in [7, 11) is 0. The Balaban J connectivity index is 2.31. The number of carbonyl (C=O) groups excluding carboxylic acids is 1. The van der Waals surface area contributed by atoms with E-state index in [0.717, 1.165) is 5.57 Å². The molecule has 14 heavy (non-hydrogen) atoms. The zero-order chi connectivity index (χ0) is 10.3. The van der Waals surface area contributed by atoms with Gasteiger partial charge in [0.2, 0.25) is 6.23 Å². The van der Waals surface area contributed by atoms with Crippen LogP contribution in [0, 0.1) is 17.2 Å². The topological polar surface area (TPSA) is 71.3 Å². The third kappa shape index (κ3) is 1.11. The SMILES string of the molecule is CC1=C(C#N)O[C@@H]2NC(=O)O[C@H]2[C@H]1C. The fourth-order valence-electron chi connectivity index (χ4n) is 1.67. The van der Waals surface area contributed by atoms with Gasteiger partial charge in [-0.05, 0) is 12.5 Å². The van der Waals surface area contributed by atoms with Crippen LogP contribution in [0.3, 0.4) is 0 Å². The molecule has 5 heteroatoms. The van der Waals surface area contributed by atoms with E-state index in [9.17, 15) is 4.79 Å². The third-order valence-corrected chi connectivity index (χ3v) is 2.68. The van der Waals surface area contributed by atoms with E-state index >= 15 is 0 Å². The van der Waals surface area contributed by atoms with Gasteiger partial charge >= 0.3 is 6.09 Å². The molecule has 0 aromatic heterocycles. The summed E-state index contributed by atoms with van der Waals surface area (Å²) in [6.45, 7) is 3.72. The third-order valence-electron chi connectivity index (χ3n) is 2.68. The highest BCUT2D eigenvalue weighted by Crippen LogP contribution is 2.32. The molecule has 0 aromatic carbocycles. The van der Waals surface area contributed by atoms with Crippen LogP contribution in [0.5, 0.6) is 0 Å². The highest BCUT2D eigenvalue weighted by molar-refractivity contribution is 5.70. The predicted octanol–water partition coefficient (Wildman–Crippen LogP) is 0.885. The Kier molecular flexibility index (Phi) is 1.84. The fraction of sp³-hybridized carbons (Fsp3) is 0.556. The van der Waals surface area contributed by atoms with Gasteiger partial charge in [-0.1, -0.05) is 6.92 Å². The lowest BCUT2D eigenvalue weighted by atomic mass is 9.92. The summed E-state index contributed by atoms with van der Waals surface area (Å²) in [4.78, 5) is 10.9. The molecule has 1 saturated heterocycles. The standard InChI is InChI=1S/C9H10N2O3/c1-4-5(2)7-8(11-9(12)14-7)13-6(4)3-10/h5,7-8H,1-2H3,(H,11,12)/t5-,7-,8-/m0/s1. The minimum absolute atomic E-state index is 0.0161. The summed E-state index contributed by atoms with van der Waals surface area (Å²) >= 11 is 0. The number of nitrogens with one attached hydrogen (secondary N) is 1. The van der Waals surface area contributed by atoms with Gasteiger partial charge in [0.15, 0.2) is 11.9 Å². The number of nitrogens with zero attached hydrogens (tertiary/aromatic N) is 1. The van der Waals surface area contributed by atoms with E-state index in [1.807, 2.05) is 19.9 Å². The minimum Gasteiger partial charge on any atom is -0.456 e. The van der Waals surface area contributed by atoms with Crippen molar-refractivity contribution in [2.24, 2.45) is 5.92 Å². The highest BCUT2D eigenvalue weighted by Gasteiger charge is 2.44. The van der Waals surface area contributed by atoms with Crippen LogP contribution in [0.15, 0.2) is 11.3 Å². The summed E-state index contributed by atoms with van der Waals surface area (Å²) in [6.07, 6.45) is -1.32. The number of alkyl carbamates (subject to hydrolysis) is 1. The van der Waals surface area contributed by atoms with E-state index in [4.69, 9.17) is 14.7 Å². The minimum atomic E-state index is -0.518. The molecule has 0 spiro atoms. The second kappa shape index (κ2) is 2.91. The van der Waals surface area contributed by atoms with Crippen molar-refractivity contribution in [2.75, 3.05) is 0 Å². The molecule has 0 bridgehead atoms. The molecule has 1 fully saturated rings. The maximum absolute atomic E-state index is 10.9. The molecule has 1 N–H and O–H groups in total. The maximum Gasteiger partial charge on any atom is 0.410 e. The van der Waals surface area contributed by atoms with Crippen molar-refractivity contribution in [2.45, 2.75) is 26.2 Å². The predicted molar refractivity (Wildman–Crippen MR) is 45.8 cm³/mol. The second-order valence-corrected chi connectivity index (χ2v) is 3.47. The number of ether oxygens (including phenoxy) is 2. The first-order valence-electron chi connectivity index (χ1n) is 4.38. The van der Waals surface area contributed by atoms with Crippen molar-refractivity contribution in [3.8, 4) is 6.07 Å². The molecule has 2 aliphatic heterocycles. The van der Waals surface area contributed by atoms with Crippen molar-refractivity contribution in [1.29, 1.82) is 5.26 Å². The molecule has 74 valence electrons. The van der Waals surface area contributed by atoms with Crippen LogP contribution in [0.2, 0.25) is 0 Å². The van der Waals surface area contributed by atoms with Gasteiger partial charge in [-0.3, -0.25) is 5.32 Å². The quantitative estimate of drug-likeness (QED) is 0.621. The molecular weight excluding hydrogens is 184 g/mol. The smallest absolute Gasteiger partial charge is 0.410 e. The average molecular weight is 194 g/mol. The molecule has 0 unspecified atom stereocenters. The molecule has 3 atom stereocenters. The number of allylic oxidation sites excluding steroid dienone is 1. The summed E-state index contributed by atoms with van der Waals surface area (Å²) < 4.78 is 10.3. The second-order valence-electron chi connectivity index (χ2n) is 3.47. The first kappa shape index (κ1) is 8.88. The zero-order valence-electron chi connectivity index (χ0n) is 7.90. The van der Waals surface area contributed by atoms with E-state index < -0.39 is 12.3 Å². The van der Waals surface area contributed by atoms with Gasteiger partial charge in [0, 0.05) is 5.92 Å². The highest BCUT2D eigenvalue weighted by atomic mass is 16.6. The molecule has 0 aliphatic carbocycles. The van der Waals surface area contributed by atoms with Crippen molar-refractivity contribution in [3.05, 3.63) is 11.3 Å². The molecule has 1 amide bonds. The Hall–Kier alpha value is -1.70. The van der Waals surface area contributed by atoms with Gasteiger partial charge in [-0.25, -0.2) is 4.79 Å². The largest absolute Gasteiger partial charge is 0.456 e. The number of rotatable bonds is 0. The summed E-state index contributed by atoms with van der Waals surface area (Å²) in [5.74, 6) is 0.298. The molecule has 0 saturated carbocycles. The van der Waals surface area contributed by atoms with Gasteiger partial charge in [-0.15, -0.1) is 0 Å². The maximum atomic E-state index is 10.9. The lowest BCUT2D eigenvalue weighted by Crippen LogP contribution is -2.41. The fourth-order valence-corrected chi connectivity index (χ4v) is 1.67. The van der Waals surface area contributed by atoms with E-state index in [-0.39, 0.29) is 17.8 Å². The molecule has 0 radical (unpaired) electrons. The molecule has 5 nitrogen and oxygen atoms in total. The van der Waals surface area contributed by atoms with Crippen molar-refractivity contribution < 1.29 is 14.3 Å². The van der Waals surface area contributed by atoms with Gasteiger partial charge in [0.05, 0.1) is 0 Å². The van der Waals surface area contributed by atoms with Gasteiger partial charge in [0.25, 0.3) is 0 Å². The van der Waals surface area contributed by atoms with Crippen LogP contribution in [0.4, 0.5) is 4.79 Å². The van der Waals surface area contributed by atoms with Crippen LogP contribution in [-0.4, -0.2) is 18.4 Å².